The molecule has 0 bridgehead atoms. The summed E-state index contributed by atoms with van der Waals surface area (Å²) in [6.45, 7) is 0.384. The minimum Gasteiger partial charge on any atom is -0.485 e. The number of amides is 1. The number of hydrogen-bond acceptors (Lipinski definition) is 5. The van der Waals surface area contributed by atoms with E-state index in [2.05, 4.69) is 22.4 Å². The number of benzene rings is 3. The number of carboxylic acid groups (broad SMARTS) is 1. The molecule has 0 atom stereocenters. The maximum atomic E-state index is 12.9. The number of nitrogens with zero attached hydrogens (tertiary/aromatic N) is 2. The molecule has 1 aliphatic carbocycles. The monoisotopic (exact) mass is 505 g/mol. The maximum Gasteiger partial charge on any atom is 0.412 e. The van der Waals surface area contributed by atoms with Crippen molar-refractivity contribution in [2.75, 3.05) is 11.9 Å². The van der Waals surface area contributed by atoms with Crippen LogP contribution in [-0.4, -0.2) is 33.2 Å². The average molecular weight is 506 g/mol. The molecular formula is C30H23N3O5. The van der Waals surface area contributed by atoms with Crippen molar-refractivity contribution in [1.82, 2.24) is 9.38 Å². The van der Waals surface area contributed by atoms with Gasteiger partial charge in [-0.05, 0) is 39.9 Å². The van der Waals surface area contributed by atoms with E-state index in [9.17, 15) is 14.7 Å². The largest absolute Gasteiger partial charge is 0.485 e. The summed E-state index contributed by atoms with van der Waals surface area (Å²) in [7, 11) is 0. The lowest BCUT2D eigenvalue weighted by Crippen LogP contribution is -2.20. The van der Waals surface area contributed by atoms with Crippen molar-refractivity contribution in [2.24, 2.45) is 0 Å². The Morgan fingerprint density at radius 3 is 2.21 bits per heavy atom. The van der Waals surface area contributed by atoms with E-state index in [1.54, 1.807) is 18.3 Å². The zero-order valence-corrected chi connectivity index (χ0v) is 20.2. The van der Waals surface area contributed by atoms with Gasteiger partial charge in [-0.1, -0.05) is 78.9 Å². The van der Waals surface area contributed by atoms with Crippen LogP contribution in [0.2, 0.25) is 0 Å². The molecule has 2 heterocycles. The van der Waals surface area contributed by atoms with Gasteiger partial charge in [0, 0.05) is 12.1 Å². The number of anilines is 1. The van der Waals surface area contributed by atoms with Crippen LogP contribution in [0.4, 0.5) is 10.6 Å². The van der Waals surface area contributed by atoms with Crippen molar-refractivity contribution in [3.05, 3.63) is 120 Å². The fraction of sp³-hybridized carbons (Fsp3) is 0.100. The van der Waals surface area contributed by atoms with E-state index in [-0.39, 0.29) is 36.3 Å². The Balaban J connectivity index is 1.23. The Morgan fingerprint density at radius 1 is 0.868 bits per heavy atom. The van der Waals surface area contributed by atoms with Crippen molar-refractivity contribution in [2.45, 2.75) is 12.5 Å². The van der Waals surface area contributed by atoms with Crippen LogP contribution >= 0.6 is 0 Å². The van der Waals surface area contributed by atoms with Gasteiger partial charge < -0.3 is 14.6 Å². The molecule has 0 spiro atoms. The van der Waals surface area contributed by atoms with Crippen LogP contribution in [0, 0.1) is 0 Å². The molecule has 0 fully saturated rings. The first-order valence-electron chi connectivity index (χ1n) is 12.1. The molecule has 38 heavy (non-hydrogen) atoms. The highest BCUT2D eigenvalue weighted by Crippen LogP contribution is 2.44. The number of carboxylic acids is 1. The smallest absolute Gasteiger partial charge is 0.412 e. The fourth-order valence-corrected chi connectivity index (χ4v) is 4.89. The van der Waals surface area contributed by atoms with Crippen molar-refractivity contribution in [1.29, 1.82) is 0 Å². The molecule has 0 saturated carbocycles. The zero-order valence-electron chi connectivity index (χ0n) is 20.2. The predicted octanol–water partition coefficient (Wildman–Crippen LogP) is 5.97. The Labute approximate surface area is 218 Å². The normalized spacial score (nSPS) is 12.1. The maximum absolute atomic E-state index is 12.9. The van der Waals surface area contributed by atoms with E-state index < -0.39 is 12.1 Å². The van der Waals surface area contributed by atoms with Crippen LogP contribution in [0.1, 0.15) is 33.1 Å². The molecule has 5 aromatic rings. The van der Waals surface area contributed by atoms with Gasteiger partial charge in [-0.25, -0.2) is 14.6 Å². The van der Waals surface area contributed by atoms with E-state index in [1.807, 2.05) is 66.7 Å². The summed E-state index contributed by atoms with van der Waals surface area (Å²) in [6.07, 6.45) is 0.843. The van der Waals surface area contributed by atoms with Crippen LogP contribution < -0.4 is 10.1 Å². The molecule has 2 aromatic heterocycles. The summed E-state index contributed by atoms with van der Waals surface area (Å²) in [5, 5.41) is 12.4. The highest BCUT2D eigenvalue weighted by molar-refractivity contribution is 5.97. The lowest BCUT2D eigenvalue weighted by atomic mass is 9.98. The van der Waals surface area contributed by atoms with Gasteiger partial charge in [0.15, 0.2) is 22.9 Å². The van der Waals surface area contributed by atoms with Crippen molar-refractivity contribution in [3.8, 4) is 16.9 Å². The third-order valence-corrected chi connectivity index (χ3v) is 6.62. The molecule has 188 valence electrons. The molecule has 6 rings (SSSR count). The Morgan fingerprint density at radius 2 is 1.53 bits per heavy atom. The van der Waals surface area contributed by atoms with Crippen molar-refractivity contribution < 1.29 is 24.2 Å². The standard InChI is InChI=1S/C30H23N3O5/c34-29(35)26-28(33-16-8-15-25(27(33)31-26)37-17-19-9-2-1-3-10-19)32-30(36)38-18-24-22-13-6-4-11-20(22)21-12-5-7-14-23(21)24/h1-16,24H,17-18H2,(H,32,36)(H,34,35). The highest BCUT2D eigenvalue weighted by atomic mass is 16.5. The van der Waals surface area contributed by atoms with Gasteiger partial charge in [0.05, 0.1) is 0 Å². The van der Waals surface area contributed by atoms with Crippen molar-refractivity contribution in [3.63, 3.8) is 0 Å². The molecule has 0 saturated heterocycles. The number of pyridine rings is 1. The van der Waals surface area contributed by atoms with Gasteiger partial charge in [-0.3, -0.25) is 9.72 Å². The van der Waals surface area contributed by atoms with E-state index >= 15 is 0 Å². The van der Waals surface area contributed by atoms with Crippen molar-refractivity contribution >= 4 is 23.5 Å². The third kappa shape index (κ3) is 4.22. The molecule has 0 unspecified atom stereocenters. The van der Waals surface area contributed by atoms with Gasteiger partial charge >= 0.3 is 12.1 Å². The number of fused-ring (bicyclic) bond motifs is 4. The van der Waals surface area contributed by atoms with E-state index in [0.717, 1.165) is 27.8 Å². The first kappa shape index (κ1) is 23.3. The van der Waals surface area contributed by atoms with Gasteiger partial charge in [0.1, 0.15) is 13.2 Å². The Hall–Kier alpha value is -5.11. The number of aromatic nitrogens is 2. The SMILES string of the molecule is O=C(Nc1c(C(=O)O)nc2c(OCc3ccccc3)cccn12)OCC1c2ccccc2-c2ccccc21. The molecule has 3 aromatic carbocycles. The first-order valence-corrected chi connectivity index (χ1v) is 12.1. The lowest BCUT2D eigenvalue weighted by Gasteiger charge is -2.15. The predicted molar refractivity (Wildman–Crippen MR) is 142 cm³/mol. The fourth-order valence-electron chi connectivity index (χ4n) is 4.89. The minimum atomic E-state index is -1.28. The molecule has 2 N–H and O–H groups in total. The minimum absolute atomic E-state index is 0.00474. The highest BCUT2D eigenvalue weighted by Gasteiger charge is 2.29. The van der Waals surface area contributed by atoms with E-state index in [0.29, 0.717) is 5.75 Å². The number of carbonyl (C=O) groups is 2. The van der Waals surface area contributed by atoms with Gasteiger partial charge in [-0.15, -0.1) is 0 Å². The molecule has 0 radical (unpaired) electrons. The Kier molecular flexibility index (Phi) is 5.97. The van der Waals surface area contributed by atoms with Gasteiger partial charge in [0.2, 0.25) is 0 Å². The summed E-state index contributed by atoms with van der Waals surface area (Å²) < 4.78 is 13.0. The second-order valence-electron chi connectivity index (χ2n) is 8.91. The average Bonchev–Trinajstić information content (AvgIpc) is 3.48. The van der Waals surface area contributed by atoms with Crippen LogP contribution in [0.25, 0.3) is 16.8 Å². The van der Waals surface area contributed by atoms with E-state index in [4.69, 9.17) is 9.47 Å². The number of rotatable bonds is 7. The zero-order chi connectivity index (χ0) is 26.1. The molecule has 8 heteroatoms. The molecular weight excluding hydrogens is 482 g/mol. The summed E-state index contributed by atoms with van der Waals surface area (Å²) in [5.74, 6) is -1.02. The van der Waals surface area contributed by atoms with Gasteiger partial charge in [0.25, 0.3) is 0 Å². The van der Waals surface area contributed by atoms with E-state index in [1.165, 1.54) is 4.40 Å². The van der Waals surface area contributed by atoms with Crippen LogP contribution in [0.15, 0.2) is 97.2 Å². The van der Waals surface area contributed by atoms with Gasteiger partial charge in [-0.2, -0.15) is 0 Å². The summed E-state index contributed by atoms with van der Waals surface area (Å²) in [6, 6.07) is 29.1. The third-order valence-electron chi connectivity index (χ3n) is 6.62. The second-order valence-corrected chi connectivity index (χ2v) is 8.91. The topological polar surface area (TPSA) is 102 Å². The van der Waals surface area contributed by atoms with Crippen LogP contribution in [0.5, 0.6) is 5.75 Å². The lowest BCUT2D eigenvalue weighted by molar-refractivity contribution is 0.0692. The Bertz CT molecular complexity index is 1620. The number of aromatic carboxylic acids is 1. The number of nitrogens with one attached hydrogen (secondary N) is 1. The molecule has 1 aliphatic rings. The van der Waals surface area contributed by atoms with Crippen LogP contribution in [0.3, 0.4) is 0 Å². The summed E-state index contributed by atoms with van der Waals surface area (Å²) in [5.41, 5.74) is 5.33. The van der Waals surface area contributed by atoms with Crippen LogP contribution in [-0.2, 0) is 11.3 Å². The number of hydrogen-bond donors (Lipinski definition) is 2. The first-order chi connectivity index (χ1) is 18.6. The number of carbonyl (C=O) groups excluding carboxylic acids is 1. The number of ether oxygens (including phenoxy) is 2. The quantitative estimate of drug-likeness (QED) is 0.282. The summed E-state index contributed by atoms with van der Waals surface area (Å²) in [4.78, 5) is 29.1. The molecule has 1 amide bonds. The number of imidazole rings is 1. The summed E-state index contributed by atoms with van der Waals surface area (Å²) >= 11 is 0. The second kappa shape index (κ2) is 9.74. The molecule has 8 nitrogen and oxygen atoms in total. The molecule has 0 aliphatic heterocycles.